The summed E-state index contributed by atoms with van der Waals surface area (Å²) < 4.78 is 18.7. The molecule has 1 atom stereocenters. The number of nitrogens with one attached hydrogen (secondary N) is 1. The summed E-state index contributed by atoms with van der Waals surface area (Å²) in [7, 11) is 3.44. The van der Waals surface area contributed by atoms with Gasteiger partial charge in [-0.1, -0.05) is 30.3 Å². The Bertz CT molecular complexity index is 966. The molecule has 1 amide bonds. The van der Waals surface area contributed by atoms with E-state index in [1.165, 1.54) is 0 Å². The van der Waals surface area contributed by atoms with Crippen molar-refractivity contribution in [2.24, 2.45) is 7.05 Å². The molecule has 3 aromatic rings. The molecule has 1 aromatic heterocycles. The summed E-state index contributed by atoms with van der Waals surface area (Å²) in [6.45, 7) is 4.64. The number of carbonyl (C=O) groups excluding carboxylic acids is 1. The van der Waals surface area contributed by atoms with Gasteiger partial charge in [0.2, 0.25) is 0 Å². The van der Waals surface area contributed by atoms with Crippen LogP contribution in [-0.2, 0) is 18.4 Å². The lowest BCUT2D eigenvalue weighted by Gasteiger charge is -2.16. The average Bonchev–Trinajstić information content (AvgIpc) is 3.04. The smallest absolute Gasteiger partial charge is 0.257 e. The maximum atomic E-state index is 12.8. The van der Waals surface area contributed by atoms with Gasteiger partial charge in [-0.15, -0.1) is 0 Å². The molecule has 0 bridgehead atoms. The van der Waals surface area contributed by atoms with Crippen LogP contribution in [0.5, 0.6) is 11.5 Å². The number of amides is 1. The topological polar surface area (TPSA) is 74.6 Å². The van der Waals surface area contributed by atoms with Crippen LogP contribution in [0, 0.1) is 6.92 Å². The lowest BCUT2D eigenvalue weighted by Crippen LogP contribution is -2.19. The molecule has 0 unspecified atom stereocenters. The minimum absolute atomic E-state index is 0.172. The van der Waals surface area contributed by atoms with Gasteiger partial charge >= 0.3 is 0 Å². The third-order valence-electron chi connectivity index (χ3n) is 4.48. The Balaban J connectivity index is 1.81. The lowest BCUT2D eigenvalue weighted by molar-refractivity contribution is 0.0914. The third kappa shape index (κ3) is 5.84. The number of methoxy groups -OCH3 is 1. The van der Waals surface area contributed by atoms with Crippen molar-refractivity contribution >= 4 is 11.7 Å². The summed E-state index contributed by atoms with van der Waals surface area (Å²) in [4.78, 5) is 12.8. The van der Waals surface area contributed by atoms with Crippen LogP contribution in [0.15, 0.2) is 54.6 Å². The fraction of sp³-hybridized carbons (Fsp3) is 0.304. The van der Waals surface area contributed by atoms with Gasteiger partial charge in [-0.3, -0.25) is 9.48 Å². The Hall–Kier alpha value is -3.32. The van der Waals surface area contributed by atoms with E-state index in [1.807, 2.05) is 57.3 Å². The van der Waals surface area contributed by atoms with Crippen molar-refractivity contribution in [1.29, 1.82) is 0 Å². The molecule has 1 heterocycles. The largest absolute Gasteiger partial charge is 0.489 e. The second-order valence-electron chi connectivity index (χ2n) is 7.10. The molecule has 7 heteroatoms. The number of aromatic nitrogens is 2. The Morgan fingerprint density at radius 1 is 1.13 bits per heavy atom. The summed E-state index contributed by atoms with van der Waals surface area (Å²) in [5, 5.41) is 7.09. The van der Waals surface area contributed by atoms with E-state index in [2.05, 4.69) is 10.4 Å². The van der Waals surface area contributed by atoms with Gasteiger partial charge in [0.1, 0.15) is 24.2 Å². The number of rotatable bonds is 9. The van der Waals surface area contributed by atoms with Crippen molar-refractivity contribution in [2.75, 3.05) is 19.0 Å². The maximum absolute atomic E-state index is 12.8. The van der Waals surface area contributed by atoms with E-state index in [9.17, 15) is 4.79 Å². The summed E-state index contributed by atoms with van der Waals surface area (Å²) in [5.74, 6) is 1.28. The maximum Gasteiger partial charge on any atom is 0.257 e. The molecule has 0 aliphatic carbocycles. The Morgan fingerprint density at radius 3 is 2.53 bits per heavy atom. The predicted molar refractivity (Wildman–Crippen MR) is 115 cm³/mol. The second-order valence-corrected chi connectivity index (χ2v) is 7.10. The van der Waals surface area contributed by atoms with Gasteiger partial charge in [-0.25, -0.2) is 0 Å². The summed E-state index contributed by atoms with van der Waals surface area (Å²) >= 11 is 0. The van der Waals surface area contributed by atoms with Crippen LogP contribution in [0.2, 0.25) is 0 Å². The van der Waals surface area contributed by atoms with Crippen molar-refractivity contribution in [3.8, 4) is 11.5 Å². The first kappa shape index (κ1) is 21.4. The van der Waals surface area contributed by atoms with Gasteiger partial charge in [-0.05, 0) is 31.5 Å². The quantitative estimate of drug-likeness (QED) is 0.579. The third-order valence-corrected chi connectivity index (χ3v) is 4.48. The molecular weight excluding hydrogens is 382 g/mol. The van der Waals surface area contributed by atoms with Crippen LogP contribution in [0.3, 0.4) is 0 Å². The molecule has 30 heavy (non-hydrogen) atoms. The fourth-order valence-electron chi connectivity index (χ4n) is 2.91. The highest BCUT2D eigenvalue weighted by Crippen LogP contribution is 2.25. The number of anilines is 1. The first-order valence-electron chi connectivity index (χ1n) is 9.74. The van der Waals surface area contributed by atoms with Crippen molar-refractivity contribution in [2.45, 2.75) is 26.6 Å². The van der Waals surface area contributed by atoms with E-state index < -0.39 is 0 Å². The van der Waals surface area contributed by atoms with Crippen LogP contribution in [-0.4, -0.2) is 35.5 Å². The van der Waals surface area contributed by atoms with Gasteiger partial charge in [0, 0.05) is 37.5 Å². The first-order valence-corrected chi connectivity index (χ1v) is 9.74. The molecule has 0 spiro atoms. The zero-order valence-corrected chi connectivity index (χ0v) is 17.7. The monoisotopic (exact) mass is 409 g/mol. The van der Waals surface area contributed by atoms with E-state index in [0.29, 0.717) is 36.1 Å². The zero-order chi connectivity index (χ0) is 21.5. The highest BCUT2D eigenvalue weighted by atomic mass is 16.5. The Kier molecular flexibility index (Phi) is 7.08. The Labute approximate surface area is 176 Å². The minimum Gasteiger partial charge on any atom is -0.489 e. The van der Waals surface area contributed by atoms with E-state index in [4.69, 9.17) is 14.2 Å². The SMILES string of the molecule is COC[C@H](C)Oc1cc(OCc2ccccc2)cc(C(=O)Nc2cc(C)n(C)n2)c1. The molecule has 0 saturated heterocycles. The van der Waals surface area contributed by atoms with Gasteiger partial charge < -0.3 is 19.5 Å². The molecule has 158 valence electrons. The number of hydrogen-bond donors (Lipinski definition) is 1. The number of benzene rings is 2. The average molecular weight is 409 g/mol. The first-order chi connectivity index (χ1) is 14.4. The van der Waals surface area contributed by atoms with Crippen molar-refractivity contribution < 1.29 is 19.0 Å². The standard InChI is InChI=1S/C23H27N3O4/c1-16-10-22(25-26(16)3)24-23(27)19-11-20(29-15-18-8-6-5-7-9-18)13-21(12-19)30-17(2)14-28-4/h5-13,17H,14-15H2,1-4H3,(H,24,25,27)/t17-/m0/s1. The van der Waals surface area contributed by atoms with Crippen LogP contribution < -0.4 is 14.8 Å². The van der Waals surface area contributed by atoms with Gasteiger partial charge in [0.15, 0.2) is 5.82 Å². The number of hydrogen-bond acceptors (Lipinski definition) is 5. The number of nitrogens with zero attached hydrogens (tertiary/aromatic N) is 2. The van der Waals surface area contributed by atoms with Crippen molar-refractivity contribution in [3.05, 3.63) is 71.4 Å². The lowest BCUT2D eigenvalue weighted by atomic mass is 10.1. The van der Waals surface area contributed by atoms with Gasteiger partial charge in [0.25, 0.3) is 5.91 Å². The molecule has 7 nitrogen and oxygen atoms in total. The van der Waals surface area contributed by atoms with Crippen LogP contribution >= 0.6 is 0 Å². The summed E-state index contributed by atoms with van der Waals surface area (Å²) in [6.07, 6.45) is -0.172. The molecule has 0 aliphatic heterocycles. The zero-order valence-electron chi connectivity index (χ0n) is 17.7. The van der Waals surface area contributed by atoms with Gasteiger partial charge in [0.05, 0.1) is 6.61 Å². The molecule has 0 fully saturated rings. The van der Waals surface area contributed by atoms with E-state index >= 15 is 0 Å². The molecule has 2 aromatic carbocycles. The normalized spacial score (nSPS) is 11.7. The molecular formula is C23H27N3O4. The van der Waals surface area contributed by atoms with Crippen LogP contribution in [0.1, 0.15) is 28.5 Å². The summed E-state index contributed by atoms with van der Waals surface area (Å²) in [5.41, 5.74) is 2.40. The molecule has 1 N–H and O–H groups in total. The number of carbonyl (C=O) groups is 1. The van der Waals surface area contributed by atoms with Crippen LogP contribution in [0.25, 0.3) is 0 Å². The highest BCUT2D eigenvalue weighted by molar-refractivity contribution is 6.04. The van der Waals surface area contributed by atoms with Gasteiger partial charge in [-0.2, -0.15) is 5.10 Å². The van der Waals surface area contributed by atoms with Crippen molar-refractivity contribution in [1.82, 2.24) is 9.78 Å². The molecule has 0 saturated carbocycles. The molecule has 3 rings (SSSR count). The highest BCUT2D eigenvalue weighted by Gasteiger charge is 2.14. The second kappa shape index (κ2) is 9.93. The van der Waals surface area contributed by atoms with E-state index in [1.54, 1.807) is 30.0 Å². The fourth-order valence-corrected chi connectivity index (χ4v) is 2.91. The van der Waals surface area contributed by atoms with Crippen LogP contribution in [0.4, 0.5) is 5.82 Å². The molecule has 0 radical (unpaired) electrons. The van der Waals surface area contributed by atoms with Crippen molar-refractivity contribution in [3.63, 3.8) is 0 Å². The summed E-state index contributed by atoms with van der Waals surface area (Å²) in [6, 6.07) is 16.8. The number of aryl methyl sites for hydroxylation is 2. The Morgan fingerprint density at radius 2 is 1.87 bits per heavy atom. The molecule has 0 aliphatic rings. The minimum atomic E-state index is -0.289. The van der Waals surface area contributed by atoms with E-state index in [0.717, 1.165) is 11.3 Å². The van der Waals surface area contributed by atoms with E-state index in [-0.39, 0.29) is 12.0 Å². The number of ether oxygens (including phenoxy) is 3. The predicted octanol–water partition coefficient (Wildman–Crippen LogP) is 3.97.